The van der Waals surface area contributed by atoms with Crippen LogP contribution in [0.1, 0.15) is 31.2 Å². The predicted octanol–water partition coefficient (Wildman–Crippen LogP) is 1.74. The van der Waals surface area contributed by atoms with E-state index in [0.717, 1.165) is 45.4 Å². The fraction of sp³-hybridized carbons (Fsp3) is 0.600. The number of aliphatic carboxylic acids is 1. The number of likely N-dealkylation sites (tertiary alicyclic amines) is 1. The molecule has 0 bridgehead atoms. The van der Waals surface area contributed by atoms with Gasteiger partial charge in [-0.3, -0.25) is 14.5 Å². The second-order valence-electron chi connectivity index (χ2n) is 7.39. The van der Waals surface area contributed by atoms with Gasteiger partial charge in [0.05, 0.1) is 6.54 Å². The molecule has 2 aliphatic rings. The highest BCUT2D eigenvalue weighted by Crippen LogP contribution is 2.26. The van der Waals surface area contributed by atoms with E-state index in [2.05, 4.69) is 39.4 Å². The second-order valence-corrected chi connectivity index (χ2v) is 7.39. The fourth-order valence-electron chi connectivity index (χ4n) is 4.09. The summed E-state index contributed by atoms with van der Waals surface area (Å²) >= 11 is 0. The number of rotatable bonds is 8. The van der Waals surface area contributed by atoms with E-state index in [9.17, 15) is 9.59 Å². The van der Waals surface area contributed by atoms with Crippen LogP contribution in [0.15, 0.2) is 24.3 Å². The van der Waals surface area contributed by atoms with E-state index in [4.69, 9.17) is 5.11 Å². The van der Waals surface area contributed by atoms with Crippen LogP contribution in [-0.2, 0) is 16.0 Å². The predicted molar refractivity (Wildman–Crippen MR) is 101 cm³/mol. The normalized spacial score (nSPS) is 20.0. The number of fused-ring (bicyclic) bond motifs is 1. The molecular weight excluding hydrogens is 330 g/mol. The van der Waals surface area contributed by atoms with Crippen LogP contribution in [-0.4, -0.2) is 61.2 Å². The average molecular weight is 359 g/mol. The number of para-hydroxylation sites is 1. The largest absolute Gasteiger partial charge is 0.481 e. The topological polar surface area (TPSA) is 72.9 Å². The summed E-state index contributed by atoms with van der Waals surface area (Å²) in [6.45, 7) is 4.69. The Balaban J connectivity index is 1.36. The van der Waals surface area contributed by atoms with E-state index in [1.807, 2.05) is 0 Å². The minimum atomic E-state index is -0.733. The van der Waals surface area contributed by atoms with Gasteiger partial charge in [-0.2, -0.15) is 0 Å². The summed E-state index contributed by atoms with van der Waals surface area (Å²) in [6.07, 6.45) is 4.13. The lowest BCUT2D eigenvalue weighted by atomic mass is 9.93. The summed E-state index contributed by atoms with van der Waals surface area (Å²) in [7, 11) is 0. The first-order chi connectivity index (χ1) is 12.6. The lowest BCUT2D eigenvalue weighted by molar-refractivity contribution is -0.137. The number of carbonyl (C=O) groups is 2. The van der Waals surface area contributed by atoms with Gasteiger partial charge in [0, 0.05) is 38.3 Å². The Morgan fingerprint density at radius 2 is 2.08 bits per heavy atom. The molecule has 2 N–H and O–H groups in total. The molecular formula is C20H29N3O3. The number of carbonyl (C=O) groups excluding carboxylic acids is 1. The number of nitrogens with zero attached hydrogens (tertiary/aromatic N) is 2. The van der Waals surface area contributed by atoms with Crippen molar-refractivity contribution in [1.29, 1.82) is 0 Å². The zero-order valence-corrected chi connectivity index (χ0v) is 15.3. The van der Waals surface area contributed by atoms with Crippen molar-refractivity contribution in [1.82, 2.24) is 10.2 Å². The Hall–Kier alpha value is -2.08. The highest BCUT2D eigenvalue weighted by atomic mass is 16.4. The van der Waals surface area contributed by atoms with Crippen LogP contribution in [0.25, 0.3) is 0 Å². The Morgan fingerprint density at radius 1 is 1.23 bits per heavy atom. The van der Waals surface area contributed by atoms with Gasteiger partial charge in [0.25, 0.3) is 0 Å². The highest BCUT2D eigenvalue weighted by molar-refractivity contribution is 5.78. The van der Waals surface area contributed by atoms with Crippen molar-refractivity contribution in [2.24, 2.45) is 5.92 Å². The van der Waals surface area contributed by atoms with Crippen molar-refractivity contribution < 1.29 is 14.7 Å². The maximum Gasteiger partial charge on any atom is 0.303 e. The number of piperidine rings is 1. The third-order valence-electron chi connectivity index (χ3n) is 5.42. The molecule has 1 aromatic carbocycles. The van der Waals surface area contributed by atoms with Gasteiger partial charge in [0.1, 0.15) is 0 Å². The van der Waals surface area contributed by atoms with E-state index in [1.54, 1.807) is 0 Å². The number of hydrogen-bond acceptors (Lipinski definition) is 4. The molecule has 1 saturated heterocycles. The smallest absolute Gasteiger partial charge is 0.303 e. The molecule has 3 rings (SSSR count). The Kier molecular flexibility index (Phi) is 6.50. The number of nitrogens with one attached hydrogen (secondary N) is 1. The van der Waals surface area contributed by atoms with Gasteiger partial charge < -0.3 is 15.3 Å². The monoisotopic (exact) mass is 359 g/mol. The maximum atomic E-state index is 12.2. The molecule has 1 atom stereocenters. The molecule has 142 valence electrons. The lowest BCUT2D eigenvalue weighted by Crippen LogP contribution is -2.44. The average Bonchev–Trinajstić information content (AvgIpc) is 3.04. The summed E-state index contributed by atoms with van der Waals surface area (Å²) in [5, 5.41) is 11.9. The summed E-state index contributed by atoms with van der Waals surface area (Å²) in [4.78, 5) is 27.5. The van der Waals surface area contributed by atoms with Gasteiger partial charge in [-0.25, -0.2) is 0 Å². The molecule has 2 aliphatic heterocycles. The second kappa shape index (κ2) is 9.03. The minimum Gasteiger partial charge on any atom is -0.481 e. The summed E-state index contributed by atoms with van der Waals surface area (Å²) in [5.41, 5.74) is 2.68. The third-order valence-corrected chi connectivity index (χ3v) is 5.42. The highest BCUT2D eigenvalue weighted by Gasteiger charge is 2.22. The van der Waals surface area contributed by atoms with Crippen LogP contribution in [0.4, 0.5) is 5.69 Å². The molecule has 1 amide bonds. The molecule has 0 saturated carbocycles. The molecule has 1 fully saturated rings. The number of benzene rings is 1. The molecule has 2 heterocycles. The van der Waals surface area contributed by atoms with E-state index in [-0.39, 0.29) is 12.3 Å². The first kappa shape index (κ1) is 18.7. The van der Waals surface area contributed by atoms with Crippen LogP contribution in [0.5, 0.6) is 0 Å². The van der Waals surface area contributed by atoms with Crippen molar-refractivity contribution in [2.45, 2.75) is 32.1 Å². The van der Waals surface area contributed by atoms with Crippen molar-refractivity contribution in [3.05, 3.63) is 29.8 Å². The van der Waals surface area contributed by atoms with Gasteiger partial charge in [0.15, 0.2) is 0 Å². The molecule has 1 aromatic rings. The first-order valence-electron chi connectivity index (χ1n) is 9.65. The zero-order valence-electron chi connectivity index (χ0n) is 15.3. The molecule has 6 nitrogen and oxygen atoms in total. The minimum absolute atomic E-state index is 0.0661. The molecule has 1 unspecified atom stereocenters. The molecule has 0 aromatic heterocycles. The van der Waals surface area contributed by atoms with E-state index < -0.39 is 5.97 Å². The van der Waals surface area contributed by atoms with Crippen molar-refractivity contribution in [2.75, 3.05) is 44.2 Å². The Labute approximate surface area is 155 Å². The number of hydrogen-bond donors (Lipinski definition) is 2. The third kappa shape index (κ3) is 5.21. The van der Waals surface area contributed by atoms with Crippen molar-refractivity contribution in [3.63, 3.8) is 0 Å². The quantitative estimate of drug-likeness (QED) is 0.740. The van der Waals surface area contributed by atoms with Crippen molar-refractivity contribution >= 4 is 17.6 Å². The van der Waals surface area contributed by atoms with Gasteiger partial charge in [-0.15, -0.1) is 0 Å². The van der Waals surface area contributed by atoms with Gasteiger partial charge >= 0.3 is 5.97 Å². The van der Waals surface area contributed by atoms with E-state index in [1.165, 1.54) is 11.3 Å². The number of carboxylic acids is 1. The van der Waals surface area contributed by atoms with Crippen molar-refractivity contribution in [3.8, 4) is 0 Å². The SMILES string of the molecule is O=C(O)CCC1CCCN(CC(=O)NCCN2CCc3ccccc32)C1. The van der Waals surface area contributed by atoms with E-state index in [0.29, 0.717) is 25.4 Å². The van der Waals surface area contributed by atoms with E-state index >= 15 is 0 Å². The summed E-state index contributed by atoms with van der Waals surface area (Å²) in [5.74, 6) is -0.270. The van der Waals surface area contributed by atoms with Crippen LogP contribution in [0.2, 0.25) is 0 Å². The zero-order chi connectivity index (χ0) is 18.4. The lowest BCUT2D eigenvalue weighted by Gasteiger charge is -2.32. The van der Waals surface area contributed by atoms with Crippen LogP contribution >= 0.6 is 0 Å². The van der Waals surface area contributed by atoms with Gasteiger partial charge in [0.2, 0.25) is 5.91 Å². The van der Waals surface area contributed by atoms with Gasteiger partial charge in [-0.05, 0) is 49.8 Å². The molecule has 0 aliphatic carbocycles. The van der Waals surface area contributed by atoms with Crippen LogP contribution in [0, 0.1) is 5.92 Å². The summed E-state index contributed by atoms with van der Waals surface area (Å²) < 4.78 is 0. The molecule has 0 spiro atoms. The van der Waals surface area contributed by atoms with Crippen LogP contribution in [0.3, 0.4) is 0 Å². The number of amides is 1. The number of anilines is 1. The first-order valence-corrected chi connectivity index (χ1v) is 9.65. The Bertz CT molecular complexity index is 634. The fourth-order valence-corrected chi connectivity index (χ4v) is 4.09. The molecule has 6 heteroatoms. The Morgan fingerprint density at radius 3 is 2.92 bits per heavy atom. The molecule has 26 heavy (non-hydrogen) atoms. The standard InChI is InChI=1S/C20H29N3O3/c24-19(15-22-11-3-4-16(14-22)7-8-20(25)26)21-10-13-23-12-9-17-5-1-2-6-18(17)23/h1-2,5-6,16H,3-4,7-15H2,(H,21,24)(H,25,26). The maximum absolute atomic E-state index is 12.2. The summed E-state index contributed by atoms with van der Waals surface area (Å²) in [6, 6.07) is 8.46. The van der Waals surface area contributed by atoms with Crippen LogP contribution < -0.4 is 10.2 Å². The molecule has 0 radical (unpaired) electrons. The number of carboxylic acid groups (broad SMARTS) is 1. The van der Waals surface area contributed by atoms with Gasteiger partial charge in [-0.1, -0.05) is 18.2 Å².